The zero-order valence-corrected chi connectivity index (χ0v) is 28.6. The Morgan fingerprint density at radius 1 is 0.867 bits per heavy atom. The number of hydrogen-bond acceptors (Lipinski definition) is 4. The summed E-state index contributed by atoms with van der Waals surface area (Å²) in [4.78, 5) is 29.8. The second-order valence-corrected chi connectivity index (χ2v) is 14.4. The third-order valence-electron chi connectivity index (χ3n) is 7.28. The van der Waals surface area contributed by atoms with Gasteiger partial charge in [0, 0.05) is 29.0 Å². The SMILES string of the molecule is Cc1ccc(N(CC(=O)N(Cc2ccc(Br)cc2)[C@H](Cc2ccccc2)C(=O)NCC(C)C)S(=O)(=O)c2ccccc2)cc1Cl. The van der Waals surface area contributed by atoms with Gasteiger partial charge in [0.05, 0.1) is 10.6 Å². The van der Waals surface area contributed by atoms with E-state index in [9.17, 15) is 18.0 Å². The van der Waals surface area contributed by atoms with Crippen LogP contribution >= 0.6 is 27.5 Å². The van der Waals surface area contributed by atoms with Crippen LogP contribution in [0.1, 0.15) is 30.5 Å². The molecule has 10 heteroatoms. The molecule has 0 saturated heterocycles. The van der Waals surface area contributed by atoms with Gasteiger partial charge >= 0.3 is 0 Å². The van der Waals surface area contributed by atoms with Crippen molar-refractivity contribution in [1.29, 1.82) is 0 Å². The first-order chi connectivity index (χ1) is 21.5. The lowest BCUT2D eigenvalue weighted by atomic mass is 10.0. The summed E-state index contributed by atoms with van der Waals surface area (Å²) in [6.45, 7) is 5.78. The largest absolute Gasteiger partial charge is 0.354 e. The molecule has 2 amide bonds. The van der Waals surface area contributed by atoms with Crippen molar-refractivity contribution in [3.8, 4) is 0 Å². The minimum atomic E-state index is -4.20. The molecule has 1 N–H and O–H groups in total. The van der Waals surface area contributed by atoms with Crippen molar-refractivity contribution in [2.45, 2.75) is 44.7 Å². The molecule has 7 nitrogen and oxygen atoms in total. The molecule has 0 aromatic heterocycles. The number of benzene rings is 4. The molecule has 4 rings (SSSR count). The zero-order valence-electron chi connectivity index (χ0n) is 25.5. The molecule has 0 saturated carbocycles. The Bertz CT molecular complexity index is 1700. The minimum absolute atomic E-state index is 0.0319. The highest BCUT2D eigenvalue weighted by Gasteiger charge is 2.34. The first-order valence-electron chi connectivity index (χ1n) is 14.6. The molecule has 0 bridgehead atoms. The standard InChI is InChI=1S/C35H37BrClN3O4S/c1-25(2)22-38-35(42)33(20-27-10-6-4-7-11-27)39(23-28-15-17-29(36)18-16-28)34(41)24-40(30-19-14-26(3)32(37)21-30)45(43,44)31-12-8-5-9-13-31/h4-19,21,25,33H,20,22-24H2,1-3H3,(H,38,42)/t33-/m1/s1. The van der Waals surface area contributed by atoms with Crippen LogP contribution in [0.2, 0.25) is 5.02 Å². The monoisotopic (exact) mass is 709 g/mol. The molecular weight excluding hydrogens is 674 g/mol. The summed E-state index contributed by atoms with van der Waals surface area (Å²) in [5.41, 5.74) is 2.67. The number of anilines is 1. The van der Waals surface area contributed by atoms with E-state index in [0.29, 0.717) is 11.6 Å². The maximum Gasteiger partial charge on any atom is 0.264 e. The average molecular weight is 711 g/mol. The van der Waals surface area contributed by atoms with E-state index >= 15 is 0 Å². The number of aryl methyl sites for hydroxylation is 1. The van der Waals surface area contributed by atoms with Crippen LogP contribution in [0.3, 0.4) is 0 Å². The Morgan fingerprint density at radius 3 is 2.09 bits per heavy atom. The first-order valence-corrected chi connectivity index (χ1v) is 17.3. The highest BCUT2D eigenvalue weighted by molar-refractivity contribution is 9.10. The van der Waals surface area contributed by atoms with Crippen LogP contribution in [-0.2, 0) is 32.6 Å². The molecule has 0 aliphatic carbocycles. The lowest BCUT2D eigenvalue weighted by molar-refractivity contribution is -0.140. The van der Waals surface area contributed by atoms with E-state index in [-0.39, 0.29) is 35.4 Å². The van der Waals surface area contributed by atoms with Gasteiger partial charge in [0.25, 0.3) is 10.0 Å². The lowest BCUT2D eigenvalue weighted by Gasteiger charge is -2.34. The fourth-order valence-corrected chi connectivity index (χ4v) is 6.61. The van der Waals surface area contributed by atoms with Crippen molar-refractivity contribution in [2.75, 3.05) is 17.4 Å². The van der Waals surface area contributed by atoms with Crippen LogP contribution in [-0.4, -0.2) is 44.3 Å². The number of carbonyl (C=O) groups is 2. The Labute approximate surface area is 279 Å². The third-order valence-corrected chi connectivity index (χ3v) is 10.00. The number of nitrogens with one attached hydrogen (secondary N) is 1. The van der Waals surface area contributed by atoms with Crippen LogP contribution in [0.4, 0.5) is 5.69 Å². The van der Waals surface area contributed by atoms with Gasteiger partial charge in [-0.15, -0.1) is 0 Å². The summed E-state index contributed by atoms with van der Waals surface area (Å²) in [5.74, 6) is -0.650. The van der Waals surface area contributed by atoms with Crippen LogP contribution in [0.25, 0.3) is 0 Å². The van der Waals surface area contributed by atoms with Gasteiger partial charge in [-0.1, -0.05) is 108 Å². The Hall–Kier alpha value is -3.66. The Balaban J connectivity index is 1.80. The van der Waals surface area contributed by atoms with Crippen molar-refractivity contribution in [2.24, 2.45) is 5.92 Å². The summed E-state index contributed by atoms with van der Waals surface area (Å²) in [6, 6.07) is 28.9. The van der Waals surface area contributed by atoms with Crippen molar-refractivity contribution >= 4 is 55.1 Å². The topological polar surface area (TPSA) is 86.8 Å². The number of hydrogen-bond donors (Lipinski definition) is 1. The number of amides is 2. The van der Waals surface area contributed by atoms with Crippen LogP contribution in [0, 0.1) is 12.8 Å². The van der Waals surface area contributed by atoms with Gasteiger partial charge in [-0.05, 0) is 65.9 Å². The van der Waals surface area contributed by atoms with Gasteiger partial charge in [0.1, 0.15) is 12.6 Å². The molecule has 45 heavy (non-hydrogen) atoms. The Kier molecular flexibility index (Phi) is 11.8. The van der Waals surface area contributed by atoms with Gasteiger partial charge in [-0.25, -0.2) is 8.42 Å². The molecule has 0 fully saturated rings. The van der Waals surface area contributed by atoms with Crippen LogP contribution in [0.5, 0.6) is 0 Å². The summed E-state index contributed by atoms with van der Waals surface area (Å²) in [6.07, 6.45) is 0.245. The van der Waals surface area contributed by atoms with E-state index in [2.05, 4.69) is 21.2 Å². The van der Waals surface area contributed by atoms with Gasteiger partial charge < -0.3 is 10.2 Å². The van der Waals surface area contributed by atoms with Gasteiger partial charge in [-0.3, -0.25) is 13.9 Å². The van der Waals surface area contributed by atoms with Crippen molar-refractivity contribution in [1.82, 2.24) is 10.2 Å². The number of nitrogens with zero attached hydrogens (tertiary/aromatic N) is 2. The van der Waals surface area contributed by atoms with E-state index in [4.69, 9.17) is 11.6 Å². The second-order valence-electron chi connectivity index (χ2n) is 11.3. The molecule has 0 spiro atoms. The second kappa shape index (κ2) is 15.6. The van der Waals surface area contributed by atoms with Crippen molar-refractivity contribution in [3.63, 3.8) is 0 Å². The van der Waals surface area contributed by atoms with Crippen LogP contribution < -0.4 is 9.62 Å². The molecule has 236 valence electrons. The molecule has 4 aromatic rings. The highest BCUT2D eigenvalue weighted by atomic mass is 79.9. The molecule has 0 radical (unpaired) electrons. The average Bonchev–Trinajstić information content (AvgIpc) is 3.03. The van der Waals surface area contributed by atoms with E-state index in [1.165, 1.54) is 17.0 Å². The predicted molar refractivity (Wildman–Crippen MR) is 184 cm³/mol. The molecule has 0 aliphatic heterocycles. The summed E-state index contributed by atoms with van der Waals surface area (Å²) in [5, 5.41) is 3.37. The number of sulfonamides is 1. The maximum absolute atomic E-state index is 14.5. The molecule has 4 aromatic carbocycles. The summed E-state index contributed by atoms with van der Waals surface area (Å²) in [7, 11) is -4.20. The smallest absolute Gasteiger partial charge is 0.264 e. The summed E-state index contributed by atoms with van der Waals surface area (Å²) >= 11 is 9.90. The molecular formula is C35H37BrClN3O4S. The summed E-state index contributed by atoms with van der Waals surface area (Å²) < 4.78 is 30.1. The van der Waals surface area contributed by atoms with Crippen LogP contribution in [0.15, 0.2) is 112 Å². The van der Waals surface area contributed by atoms with E-state index in [1.54, 1.807) is 36.4 Å². The molecule has 0 heterocycles. The van der Waals surface area contributed by atoms with E-state index in [0.717, 1.165) is 25.5 Å². The van der Waals surface area contributed by atoms with Crippen molar-refractivity contribution in [3.05, 3.63) is 129 Å². The zero-order chi connectivity index (χ0) is 32.6. The Morgan fingerprint density at radius 2 is 1.49 bits per heavy atom. The number of rotatable bonds is 13. The fourth-order valence-electron chi connectivity index (χ4n) is 4.75. The van der Waals surface area contributed by atoms with E-state index in [1.807, 2.05) is 75.4 Å². The third kappa shape index (κ3) is 9.19. The normalized spacial score (nSPS) is 12.0. The fraction of sp³-hybridized carbons (Fsp3) is 0.257. The lowest BCUT2D eigenvalue weighted by Crippen LogP contribution is -2.53. The van der Waals surface area contributed by atoms with Crippen molar-refractivity contribution < 1.29 is 18.0 Å². The van der Waals surface area contributed by atoms with Gasteiger partial charge in [0.2, 0.25) is 11.8 Å². The van der Waals surface area contributed by atoms with E-state index < -0.39 is 28.5 Å². The maximum atomic E-state index is 14.5. The highest BCUT2D eigenvalue weighted by Crippen LogP contribution is 2.29. The van der Waals surface area contributed by atoms with Gasteiger partial charge in [-0.2, -0.15) is 0 Å². The molecule has 1 atom stereocenters. The predicted octanol–water partition coefficient (Wildman–Crippen LogP) is 7.02. The quantitative estimate of drug-likeness (QED) is 0.162. The number of carbonyl (C=O) groups excluding carboxylic acids is 2. The first kappa shape index (κ1) is 34.2. The number of halogens is 2. The van der Waals surface area contributed by atoms with Gasteiger partial charge in [0.15, 0.2) is 0 Å². The minimum Gasteiger partial charge on any atom is -0.354 e. The molecule has 0 unspecified atom stereocenters. The molecule has 0 aliphatic rings.